The number of benzene rings is 1. The van der Waals surface area contributed by atoms with Crippen LogP contribution >= 0.6 is 0 Å². The van der Waals surface area contributed by atoms with Gasteiger partial charge >= 0.3 is 5.69 Å². The Kier molecular flexibility index (Phi) is 6.74. The summed E-state index contributed by atoms with van der Waals surface area (Å²) in [7, 11) is 0. The van der Waals surface area contributed by atoms with Gasteiger partial charge in [-0.25, -0.2) is 4.79 Å². The van der Waals surface area contributed by atoms with Crippen molar-refractivity contribution >= 4 is 16.8 Å². The van der Waals surface area contributed by atoms with E-state index in [1.807, 2.05) is 0 Å². The van der Waals surface area contributed by atoms with Crippen LogP contribution in [0, 0.1) is 0 Å². The van der Waals surface area contributed by atoms with E-state index in [0.29, 0.717) is 29.5 Å². The lowest BCUT2D eigenvalue weighted by Gasteiger charge is -2.30. The van der Waals surface area contributed by atoms with Gasteiger partial charge in [-0.15, -0.1) is 0 Å². The number of nitrogens with zero attached hydrogens (tertiary/aromatic N) is 2. The summed E-state index contributed by atoms with van der Waals surface area (Å²) in [6.45, 7) is 10.1. The molecule has 0 aliphatic heterocycles. The summed E-state index contributed by atoms with van der Waals surface area (Å²) < 4.78 is 1.44. The van der Waals surface area contributed by atoms with Gasteiger partial charge in [-0.3, -0.25) is 24.0 Å². The molecular formula is C19H28N4O3. The predicted molar refractivity (Wildman–Crippen MR) is 103 cm³/mol. The molecule has 1 aromatic carbocycles. The lowest BCUT2D eigenvalue weighted by atomic mass is 10.2. The van der Waals surface area contributed by atoms with Crippen molar-refractivity contribution in [2.24, 2.45) is 0 Å². The monoisotopic (exact) mass is 360 g/mol. The third-order valence-corrected chi connectivity index (χ3v) is 4.49. The predicted octanol–water partition coefficient (Wildman–Crippen LogP) is 1.31. The van der Waals surface area contributed by atoms with Crippen LogP contribution in [0.3, 0.4) is 0 Å². The second-order valence-electron chi connectivity index (χ2n) is 6.95. The number of carbonyl (C=O) groups excluding carboxylic acids is 1. The molecule has 0 radical (unpaired) electrons. The minimum absolute atomic E-state index is 0.111. The molecule has 0 saturated carbocycles. The fourth-order valence-corrected chi connectivity index (χ4v) is 3.20. The first-order chi connectivity index (χ1) is 12.3. The number of aromatic amines is 1. The molecule has 0 fully saturated rings. The molecule has 2 rings (SSSR count). The van der Waals surface area contributed by atoms with Crippen molar-refractivity contribution in [1.29, 1.82) is 0 Å². The van der Waals surface area contributed by atoms with Gasteiger partial charge in [0.25, 0.3) is 5.56 Å². The van der Waals surface area contributed by atoms with Crippen LogP contribution in [0.2, 0.25) is 0 Å². The minimum atomic E-state index is -0.493. The van der Waals surface area contributed by atoms with Crippen molar-refractivity contribution in [2.75, 3.05) is 13.1 Å². The maximum Gasteiger partial charge on any atom is 0.328 e. The number of nitrogens with one attached hydrogen (secondary N) is 2. The van der Waals surface area contributed by atoms with Crippen molar-refractivity contribution in [3.63, 3.8) is 0 Å². The molecule has 2 aromatic rings. The van der Waals surface area contributed by atoms with E-state index in [4.69, 9.17) is 0 Å². The average molecular weight is 360 g/mol. The van der Waals surface area contributed by atoms with Gasteiger partial charge in [0.2, 0.25) is 5.91 Å². The van der Waals surface area contributed by atoms with Crippen molar-refractivity contribution in [2.45, 2.75) is 52.7 Å². The Bertz CT molecular complexity index is 859. The molecule has 7 nitrogen and oxygen atoms in total. The van der Waals surface area contributed by atoms with Crippen LogP contribution < -0.4 is 16.6 Å². The first-order valence-corrected chi connectivity index (χ1v) is 9.05. The van der Waals surface area contributed by atoms with Crippen molar-refractivity contribution in [3.05, 3.63) is 45.1 Å². The number of hydrogen-bond acceptors (Lipinski definition) is 4. The Hall–Kier alpha value is -2.41. The highest BCUT2D eigenvalue weighted by Crippen LogP contribution is 2.07. The van der Waals surface area contributed by atoms with E-state index in [1.165, 1.54) is 4.57 Å². The first-order valence-electron chi connectivity index (χ1n) is 9.05. The Morgan fingerprint density at radius 2 is 1.81 bits per heavy atom. The number of carbonyl (C=O) groups is 1. The summed E-state index contributed by atoms with van der Waals surface area (Å²) in [5, 5.41) is 3.35. The lowest BCUT2D eigenvalue weighted by Crippen LogP contribution is -2.42. The SMILES string of the molecule is CC(C)N(CCNC(=O)CCn1c(=O)[nH]c(=O)c2ccccc21)C(C)C. The van der Waals surface area contributed by atoms with E-state index < -0.39 is 11.2 Å². The molecule has 0 aliphatic carbocycles. The van der Waals surface area contributed by atoms with Gasteiger partial charge in [0, 0.05) is 38.1 Å². The van der Waals surface area contributed by atoms with Gasteiger partial charge in [-0.05, 0) is 39.8 Å². The minimum Gasteiger partial charge on any atom is -0.355 e. The van der Waals surface area contributed by atoms with Crippen LogP contribution in [0.1, 0.15) is 34.1 Å². The standard InChI is InChI=1S/C19H28N4O3/c1-13(2)22(14(3)4)12-10-20-17(24)9-11-23-16-8-6-5-7-15(16)18(25)21-19(23)26/h5-8,13-14H,9-12H2,1-4H3,(H,20,24)(H,21,25,26). The smallest absolute Gasteiger partial charge is 0.328 e. The van der Waals surface area contributed by atoms with E-state index >= 15 is 0 Å². The zero-order chi connectivity index (χ0) is 19.3. The van der Waals surface area contributed by atoms with Crippen molar-refractivity contribution in [3.8, 4) is 0 Å². The normalized spacial score (nSPS) is 11.7. The molecule has 26 heavy (non-hydrogen) atoms. The Balaban J connectivity index is 1.97. The molecule has 7 heteroatoms. The van der Waals surface area contributed by atoms with E-state index in [9.17, 15) is 14.4 Å². The molecule has 1 aromatic heterocycles. The van der Waals surface area contributed by atoms with Gasteiger partial charge < -0.3 is 5.32 Å². The van der Waals surface area contributed by atoms with Gasteiger partial charge in [0.05, 0.1) is 10.9 Å². The number of aromatic nitrogens is 2. The molecule has 1 heterocycles. The highest BCUT2D eigenvalue weighted by atomic mass is 16.2. The lowest BCUT2D eigenvalue weighted by molar-refractivity contribution is -0.121. The molecule has 0 unspecified atom stereocenters. The second-order valence-corrected chi connectivity index (χ2v) is 6.95. The topological polar surface area (TPSA) is 87.2 Å². The summed E-state index contributed by atoms with van der Waals surface area (Å²) in [5.41, 5.74) is -0.360. The molecule has 0 atom stereocenters. The zero-order valence-electron chi connectivity index (χ0n) is 15.9. The van der Waals surface area contributed by atoms with E-state index in [2.05, 4.69) is 42.9 Å². The molecule has 142 valence electrons. The summed E-state index contributed by atoms with van der Waals surface area (Å²) >= 11 is 0. The van der Waals surface area contributed by atoms with Gasteiger partial charge in [0.15, 0.2) is 0 Å². The number of fused-ring (bicyclic) bond motifs is 1. The average Bonchev–Trinajstić information content (AvgIpc) is 2.57. The number of H-pyrrole nitrogens is 1. The summed E-state index contributed by atoms with van der Waals surface area (Å²) in [6.07, 6.45) is 0.180. The first kappa shape index (κ1) is 19.9. The molecule has 0 bridgehead atoms. The number of aryl methyl sites for hydroxylation is 1. The Labute approximate surface area is 153 Å². The quantitative estimate of drug-likeness (QED) is 0.743. The molecule has 0 saturated heterocycles. The molecule has 1 amide bonds. The number of hydrogen-bond donors (Lipinski definition) is 2. The van der Waals surface area contributed by atoms with Crippen molar-refractivity contribution < 1.29 is 4.79 Å². The molecule has 0 spiro atoms. The molecular weight excluding hydrogens is 332 g/mol. The number of para-hydroxylation sites is 1. The van der Waals surface area contributed by atoms with Crippen LogP contribution in [-0.2, 0) is 11.3 Å². The van der Waals surface area contributed by atoms with Crippen LogP contribution in [0.4, 0.5) is 0 Å². The highest BCUT2D eigenvalue weighted by molar-refractivity contribution is 5.78. The van der Waals surface area contributed by atoms with Crippen LogP contribution in [0.25, 0.3) is 10.9 Å². The summed E-state index contributed by atoms with van der Waals surface area (Å²) in [5.74, 6) is -0.111. The Morgan fingerprint density at radius 3 is 2.46 bits per heavy atom. The Morgan fingerprint density at radius 1 is 1.15 bits per heavy atom. The third kappa shape index (κ3) is 4.82. The van der Waals surface area contributed by atoms with E-state index in [1.54, 1.807) is 24.3 Å². The number of rotatable bonds is 8. The summed E-state index contributed by atoms with van der Waals surface area (Å²) in [4.78, 5) is 40.7. The van der Waals surface area contributed by atoms with Gasteiger partial charge in [-0.1, -0.05) is 12.1 Å². The highest BCUT2D eigenvalue weighted by Gasteiger charge is 2.13. The van der Waals surface area contributed by atoms with Gasteiger partial charge in [0.1, 0.15) is 0 Å². The van der Waals surface area contributed by atoms with Crippen molar-refractivity contribution in [1.82, 2.24) is 19.8 Å². The molecule has 0 aliphatic rings. The molecule has 2 N–H and O–H groups in total. The van der Waals surface area contributed by atoms with E-state index in [0.717, 1.165) is 6.54 Å². The van der Waals surface area contributed by atoms with Crippen LogP contribution in [0.15, 0.2) is 33.9 Å². The maximum absolute atomic E-state index is 12.1. The van der Waals surface area contributed by atoms with Crippen LogP contribution in [0.5, 0.6) is 0 Å². The van der Waals surface area contributed by atoms with E-state index in [-0.39, 0.29) is 18.9 Å². The third-order valence-electron chi connectivity index (χ3n) is 4.49. The fraction of sp³-hybridized carbons (Fsp3) is 0.526. The van der Waals surface area contributed by atoms with Crippen LogP contribution in [-0.4, -0.2) is 45.5 Å². The largest absolute Gasteiger partial charge is 0.355 e. The summed E-state index contributed by atoms with van der Waals surface area (Å²) in [6, 6.07) is 7.72. The van der Waals surface area contributed by atoms with Gasteiger partial charge in [-0.2, -0.15) is 0 Å². The maximum atomic E-state index is 12.1. The zero-order valence-corrected chi connectivity index (χ0v) is 15.9. The fourth-order valence-electron chi connectivity index (χ4n) is 3.20. The number of amides is 1. The second kappa shape index (κ2) is 8.80.